The van der Waals surface area contributed by atoms with Crippen LogP contribution in [0.15, 0.2) is 24.3 Å². The number of hydrogen-bond donors (Lipinski definition) is 1. The van der Waals surface area contributed by atoms with Crippen molar-refractivity contribution in [3.05, 3.63) is 29.8 Å². The van der Waals surface area contributed by atoms with Gasteiger partial charge in [0.25, 0.3) is 0 Å². The summed E-state index contributed by atoms with van der Waals surface area (Å²) in [6.07, 6.45) is 4.84. The van der Waals surface area contributed by atoms with E-state index in [1.165, 1.54) is 6.42 Å². The van der Waals surface area contributed by atoms with Gasteiger partial charge in [-0.2, -0.15) is 0 Å². The Morgan fingerprint density at radius 2 is 2.05 bits per heavy atom. The molecule has 1 saturated heterocycles. The summed E-state index contributed by atoms with van der Waals surface area (Å²) in [7, 11) is 0. The fraction of sp³-hybridized carbons (Fsp3) is 0.562. The number of anilines is 1. The average molecular weight is 297 g/mol. The molecule has 1 amide bonds. The second kappa shape index (κ2) is 8.15. The first kappa shape index (κ1) is 16.8. The summed E-state index contributed by atoms with van der Waals surface area (Å²) in [5, 5.41) is 0. The van der Waals surface area contributed by atoms with Gasteiger partial charge in [-0.05, 0) is 43.2 Å². The van der Waals surface area contributed by atoms with E-state index in [2.05, 4.69) is 6.92 Å². The lowest BCUT2D eigenvalue weighted by Crippen LogP contribution is -2.32. The monoisotopic (exact) mass is 296 g/mol. The summed E-state index contributed by atoms with van der Waals surface area (Å²) in [4.78, 5) is 14.3. The van der Waals surface area contributed by atoms with E-state index in [1.54, 1.807) is 0 Å². The first-order valence-electron chi connectivity index (χ1n) is 7.28. The molecule has 0 spiro atoms. The van der Waals surface area contributed by atoms with Crippen molar-refractivity contribution >= 4 is 24.0 Å². The lowest BCUT2D eigenvalue weighted by molar-refractivity contribution is -0.131. The molecule has 1 heterocycles. The Kier molecular flexibility index (Phi) is 6.86. The van der Waals surface area contributed by atoms with Crippen molar-refractivity contribution in [3.8, 4) is 0 Å². The quantitative estimate of drug-likeness (QED) is 0.870. The topological polar surface area (TPSA) is 46.3 Å². The maximum absolute atomic E-state index is 12.2. The highest BCUT2D eigenvalue weighted by Gasteiger charge is 2.18. The number of rotatable bonds is 3. The lowest BCUT2D eigenvalue weighted by atomic mass is 10.0. The van der Waals surface area contributed by atoms with Crippen molar-refractivity contribution in [1.29, 1.82) is 0 Å². The van der Waals surface area contributed by atoms with Crippen LogP contribution in [0.5, 0.6) is 0 Å². The molecule has 4 heteroatoms. The minimum absolute atomic E-state index is 0. The molecule has 0 radical (unpaired) electrons. The largest absolute Gasteiger partial charge is 0.399 e. The van der Waals surface area contributed by atoms with E-state index >= 15 is 0 Å². The third-order valence-electron chi connectivity index (χ3n) is 4.03. The molecule has 1 aromatic rings. The van der Waals surface area contributed by atoms with Crippen LogP contribution in [0.25, 0.3) is 0 Å². The highest BCUT2D eigenvalue weighted by molar-refractivity contribution is 5.85. The number of aryl methyl sites for hydroxylation is 1. The highest BCUT2D eigenvalue weighted by atomic mass is 35.5. The Hall–Kier alpha value is -1.22. The number of benzene rings is 1. The van der Waals surface area contributed by atoms with E-state index in [0.717, 1.165) is 49.5 Å². The molecule has 112 valence electrons. The smallest absolute Gasteiger partial charge is 0.222 e. The van der Waals surface area contributed by atoms with Gasteiger partial charge in [0.05, 0.1) is 0 Å². The van der Waals surface area contributed by atoms with E-state index in [4.69, 9.17) is 5.73 Å². The van der Waals surface area contributed by atoms with Crippen LogP contribution in [0.4, 0.5) is 5.69 Å². The van der Waals surface area contributed by atoms with Gasteiger partial charge < -0.3 is 10.6 Å². The third-order valence-corrected chi connectivity index (χ3v) is 4.03. The summed E-state index contributed by atoms with van der Waals surface area (Å²) >= 11 is 0. The summed E-state index contributed by atoms with van der Waals surface area (Å²) in [5.74, 6) is 1.03. The number of nitrogen functional groups attached to an aromatic ring is 1. The van der Waals surface area contributed by atoms with Crippen molar-refractivity contribution < 1.29 is 4.79 Å². The van der Waals surface area contributed by atoms with Crippen LogP contribution in [0.1, 0.15) is 38.2 Å². The van der Waals surface area contributed by atoms with Crippen LogP contribution in [0.2, 0.25) is 0 Å². The summed E-state index contributed by atoms with van der Waals surface area (Å²) in [6, 6.07) is 7.81. The van der Waals surface area contributed by atoms with Crippen molar-refractivity contribution in [2.24, 2.45) is 5.92 Å². The molecule has 2 N–H and O–H groups in total. The number of carbonyl (C=O) groups excluding carboxylic acids is 1. The van der Waals surface area contributed by atoms with Gasteiger partial charge in [0.15, 0.2) is 0 Å². The number of nitrogens with two attached hydrogens (primary N) is 1. The number of halogens is 1. The van der Waals surface area contributed by atoms with Gasteiger partial charge in [0.1, 0.15) is 0 Å². The van der Waals surface area contributed by atoms with E-state index in [-0.39, 0.29) is 18.3 Å². The van der Waals surface area contributed by atoms with Crippen LogP contribution in [0, 0.1) is 5.92 Å². The molecule has 0 bridgehead atoms. The number of amides is 1. The number of carbonyl (C=O) groups is 1. The average Bonchev–Trinajstić information content (AvgIpc) is 2.62. The number of para-hydroxylation sites is 1. The van der Waals surface area contributed by atoms with Crippen molar-refractivity contribution in [2.45, 2.75) is 39.0 Å². The minimum atomic E-state index is 0. The Balaban J connectivity index is 0.00000200. The molecule has 3 nitrogen and oxygen atoms in total. The zero-order chi connectivity index (χ0) is 13.7. The van der Waals surface area contributed by atoms with Gasteiger partial charge in [0, 0.05) is 25.2 Å². The summed E-state index contributed by atoms with van der Waals surface area (Å²) in [6.45, 7) is 4.12. The summed E-state index contributed by atoms with van der Waals surface area (Å²) < 4.78 is 0. The predicted molar refractivity (Wildman–Crippen MR) is 86.0 cm³/mol. The Morgan fingerprint density at radius 1 is 1.30 bits per heavy atom. The Morgan fingerprint density at radius 3 is 2.80 bits per heavy atom. The molecule has 1 aliphatic rings. The number of hydrogen-bond acceptors (Lipinski definition) is 2. The SMILES string of the molecule is CC1CCCN(C(=O)CCc2ccccc2N)CC1.Cl. The molecule has 1 aliphatic heterocycles. The molecule has 0 aromatic heterocycles. The van der Waals surface area contributed by atoms with Gasteiger partial charge in [-0.15, -0.1) is 12.4 Å². The van der Waals surface area contributed by atoms with Gasteiger partial charge in [-0.25, -0.2) is 0 Å². The van der Waals surface area contributed by atoms with E-state index < -0.39 is 0 Å². The predicted octanol–water partition coefficient (Wildman–Crippen LogP) is 3.27. The second-order valence-corrected chi connectivity index (χ2v) is 5.62. The summed E-state index contributed by atoms with van der Waals surface area (Å²) in [5.41, 5.74) is 7.78. The minimum Gasteiger partial charge on any atom is -0.399 e. The van der Waals surface area contributed by atoms with E-state index in [0.29, 0.717) is 6.42 Å². The molecule has 1 atom stereocenters. The molecule has 1 fully saturated rings. The maximum Gasteiger partial charge on any atom is 0.222 e. The zero-order valence-electron chi connectivity index (χ0n) is 12.2. The van der Waals surface area contributed by atoms with Gasteiger partial charge in [-0.3, -0.25) is 4.79 Å². The standard InChI is InChI=1S/C16H24N2O.ClH/c1-13-5-4-11-18(12-10-13)16(19)9-8-14-6-2-3-7-15(14)17;/h2-3,6-7,13H,4-5,8-12,17H2,1H3;1H. The van der Waals surface area contributed by atoms with E-state index in [1.807, 2.05) is 29.2 Å². The van der Waals surface area contributed by atoms with Crippen LogP contribution < -0.4 is 5.73 Å². The van der Waals surface area contributed by atoms with E-state index in [9.17, 15) is 4.79 Å². The van der Waals surface area contributed by atoms with Gasteiger partial charge >= 0.3 is 0 Å². The molecule has 1 unspecified atom stereocenters. The number of likely N-dealkylation sites (tertiary alicyclic amines) is 1. The van der Waals surface area contributed by atoms with Crippen LogP contribution >= 0.6 is 12.4 Å². The molecule has 0 aliphatic carbocycles. The maximum atomic E-state index is 12.2. The normalized spacial score (nSPS) is 19.1. The van der Waals surface area contributed by atoms with Crippen LogP contribution in [-0.4, -0.2) is 23.9 Å². The molecule has 0 saturated carbocycles. The first-order chi connectivity index (χ1) is 9.16. The molecule has 20 heavy (non-hydrogen) atoms. The van der Waals surface area contributed by atoms with Crippen molar-refractivity contribution in [3.63, 3.8) is 0 Å². The molecular weight excluding hydrogens is 272 g/mol. The van der Waals surface area contributed by atoms with Crippen molar-refractivity contribution in [2.75, 3.05) is 18.8 Å². The van der Waals surface area contributed by atoms with Crippen LogP contribution in [0.3, 0.4) is 0 Å². The molecular formula is C16H25ClN2O. The fourth-order valence-electron chi connectivity index (χ4n) is 2.67. The number of nitrogens with zero attached hydrogens (tertiary/aromatic N) is 1. The third kappa shape index (κ3) is 4.71. The molecule has 2 rings (SSSR count). The van der Waals surface area contributed by atoms with Gasteiger partial charge in [0.2, 0.25) is 5.91 Å². The van der Waals surface area contributed by atoms with Crippen molar-refractivity contribution in [1.82, 2.24) is 4.90 Å². The first-order valence-corrected chi connectivity index (χ1v) is 7.28. The highest BCUT2D eigenvalue weighted by Crippen LogP contribution is 2.18. The van der Waals surface area contributed by atoms with Gasteiger partial charge in [-0.1, -0.05) is 25.1 Å². The lowest BCUT2D eigenvalue weighted by Gasteiger charge is -2.20. The Bertz CT molecular complexity index is 436. The zero-order valence-corrected chi connectivity index (χ0v) is 13.0. The fourth-order valence-corrected chi connectivity index (χ4v) is 2.67. The van der Waals surface area contributed by atoms with Crippen LogP contribution in [-0.2, 0) is 11.2 Å². The molecule has 1 aromatic carbocycles. The Labute approximate surface area is 127 Å². The second-order valence-electron chi connectivity index (χ2n) is 5.62.